The first-order valence-electron chi connectivity index (χ1n) is 6.00. The third-order valence-electron chi connectivity index (χ3n) is 2.77. The van der Waals surface area contributed by atoms with Gasteiger partial charge in [0.15, 0.2) is 0 Å². The first-order valence-corrected chi connectivity index (χ1v) is 7.19. The molecule has 0 aliphatic carbocycles. The molecule has 0 saturated heterocycles. The van der Waals surface area contributed by atoms with E-state index in [4.69, 9.17) is 11.6 Å². The van der Waals surface area contributed by atoms with Crippen LogP contribution in [0.1, 0.15) is 30.9 Å². The van der Waals surface area contributed by atoms with Crippen LogP contribution in [0, 0.1) is 0 Å². The van der Waals surface area contributed by atoms with Crippen molar-refractivity contribution in [1.82, 2.24) is 9.97 Å². The van der Waals surface area contributed by atoms with Crippen molar-refractivity contribution in [2.45, 2.75) is 36.3 Å². The summed E-state index contributed by atoms with van der Waals surface area (Å²) in [5, 5.41) is 10.3. The molecule has 2 aromatic rings. The average Bonchev–Trinajstić information content (AvgIpc) is 2.39. The molecule has 0 aliphatic heterocycles. The molecule has 3 nitrogen and oxygen atoms in total. The molecular formula is C14H15ClN2OS. The summed E-state index contributed by atoms with van der Waals surface area (Å²) in [6.45, 7) is 4.17. The van der Waals surface area contributed by atoms with Gasteiger partial charge in [0, 0.05) is 10.5 Å². The van der Waals surface area contributed by atoms with Crippen LogP contribution in [0.5, 0.6) is 0 Å². The Bertz CT molecular complexity index is 558. The Kier molecular flexibility index (Phi) is 4.80. The molecule has 1 heterocycles. The number of benzene rings is 1. The van der Waals surface area contributed by atoms with Crippen molar-refractivity contribution in [3.63, 3.8) is 0 Å². The van der Waals surface area contributed by atoms with E-state index in [9.17, 15) is 5.11 Å². The van der Waals surface area contributed by atoms with Gasteiger partial charge >= 0.3 is 0 Å². The van der Waals surface area contributed by atoms with Crippen molar-refractivity contribution in [2.75, 3.05) is 0 Å². The number of hydrogen-bond donors (Lipinski definition) is 1. The largest absolute Gasteiger partial charge is 0.391 e. The summed E-state index contributed by atoms with van der Waals surface area (Å²) in [6.07, 6.45) is 1.41. The van der Waals surface area contributed by atoms with Crippen LogP contribution in [0.4, 0.5) is 0 Å². The van der Waals surface area contributed by atoms with Crippen LogP contribution in [-0.2, 0) is 6.61 Å². The van der Waals surface area contributed by atoms with Crippen molar-refractivity contribution in [3.8, 4) is 0 Å². The van der Waals surface area contributed by atoms with Crippen molar-refractivity contribution in [3.05, 3.63) is 46.9 Å². The standard InChI is InChI=1S/C14H15ClN2OS/c1-9(2)10-3-5-11(6-4-10)19-14-12(7-18)13(15)16-8-17-14/h3-6,8-9,18H,7H2,1-2H3. The molecule has 1 aromatic heterocycles. The van der Waals surface area contributed by atoms with Crippen molar-refractivity contribution in [1.29, 1.82) is 0 Å². The van der Waals surface area contributed by atoms with E-state index < -0.39 is 0 Å². The van der Waals surface area contributed by atoms with Gasteiger partial charge in [-0.3, -0.25) is 0 Å². The molecule has 1 aromatic carbocycles. The van der Waals surface area contributed by atoms with Gasteiger partial charge in [-0.25, -0.2) is 9.97 Å². The zero-order chi connectivity index (χ0) is 13.8. The van der Waals surface area contributed by atoms with Gasteiger partial charge in [-0.2, -0.15) is 0 Å². The van der Waals surface area contributed by atoms with E-state index in [0.29, 0.717) is 21.7 Å². The summed E-state index contributed by atoms with van der Waals surface area (Å²) >= 11 is 7.42. The number of halogens is 1. The lowest BCUT2D eigenvalue weighted by atomic mass is 10.0. The van der Waals surface area contributed by atoms with E-state index in [2.05, 4.69) is 48.1 Å². The Morgan fingerprint density at radius 1 is 1.21 bits per heavy atom. The van der Waals surface area contributed by atoms with E-state index in [0.717, 1.165) is 4.90 Å². The molecule has 5 heteroatoms. The molecular weight excluding hydrogens is 280 g/mol. The third-order valence-corrected chi connectivity index (χ3v) is 4.15. The molecule has 2 rings (SSSR count). The predicted molar refractivity (Wildman–Crippen MR) is 77.6 cm³/mol. The van der Waals surface area contributed by atoms with Gasteiger partial charge in [0.1, 0.15) is 16.5 Å². The fourth-order valence-electron chi connectivity index (χ4n) is 1.63. The van der Waals surface area contributed by atoms with Gasteiger partial charge in [-0.15, -0.1) is 0 Å². The second kappa shape index (κ2) is 6.37. The van der Waals surface area contributed by atoms with Crippen molar-refractivity contribution in [2.24, 2.45) is 0 Å². The monoisotopic (exact) mass is 294 g/mol. The molecule has 0 aliphatic rings. The molecule has 0 saturated carbocycles. The van der Waals surface area contributed by atoms with Gasteiger partial charge in [0.25, 0.3) is 0 Å². The molecule has 0 atom stereocenters. The van der Waals surface area contributed by atoms with Crippen LogP contribution >= 0.6 is 23.4 Å². The maximum absolute atomic E-state index is 9.32. The summed E-state index contributed by atoms with van der Waals surface area (Å²) < 4.78 is 0. The summed E-state index contributed by atoms with van der Waals surface area (Å²) in [5.41, 5.74) is 1.87. The predicted octanol–water partition coefficient (Wildman–Crippen LogP) is 3.90. The Labute approximate surface area is 122 Å². The number of aliphatic hydroxyl groups excluding tert-OH is 1. The van der Waals surface area contributed by atoms with E-state index in [1.165, 1.54) is 23.7 Å². The van der Waals surface area contributed by atoms with Gasteiger partial charge in [0.05, 0.1) is 6.61 Å². The molecule has 0 fully saturated rings. The summed E-state index contributed by atoms with van der Waals surface area (Å²) in [6, 6.07) is 8.32. The van der Waals surface area contributed by atoms with Gasteiger partial charge in [-0.1, -0.05) is 49.3 Å². The first kappa shape index (κ1) is 14.3. The molecule has 0 radical (unpaired) electrons. The summed E-state index contributed by atoms with van der Waals surface area (Å²) in [5.74, 6) is 0.514. The zero-order valence-electron chi connectivity index (χ0n) is 10.8. The van der Waals surface area contributed by atoms with Crippen LogP contribution in [0.15, 0.2) is 40.5 Å². The van der Waals surface area contributed by atoms with Crippen LogP contribution < -0.4 is 0 Å². The first-order chi connectivity index (χ1) is 9.11. The second-order valence-corrected chi connectivity index (χ2v) is 5.85. The lowest BCUT2D eigenvalue weighted by Crippen LogP contribution is -1.95. The molecule has 100 valence electrons. The molecule has 0 bridgehead atoms. The normalized spacial score (nSPS) is 11.0. The Balaban J connectivity index is 2.24. The average molecular weight is 295 g/mol. The minimum absolute atomic E-state index is 0.161. The van der Waals surface area contributed by atoms with Crippen LogP contribution in [0.3, 0.4) is 0 Å². The molecule has 0 spiro atoms. The molecule has 19 heavy (non-hydrogen) atoms. The van der Waals surface area contributed by atoms with Crippen molar-refractivity contribution >= 4 is 23.4 Å². The van der Waals surface area contributed by atoms with Crippen LogP contribution in [0.25, 0.3) is 0 Å². The highest BCUT2D eigenvalue weighted by Gasteiger charge is 2.10. The number of rotatable bonds is 4. The molecule has 1 N–H and O–H groups in total. The maximum Gasteiger partial charge on any atom is 0.139 e. The topological polar surface area (TPSA) is 46.0 Å². The van der Waals surface area contributed by atoms with E-state index in [-0.39, 0.29) is 6.61 Å². The minimum atomic E-state index is -0.161. The van der Waals surface area contributed by atoms with Gasteiger partial charge in [-0.05, 0) is 23.6 Å². The summed E-state index contributed by atoms with van der Waals surface area (Å²) in [7, 11) is 0. The number of nitrogens with zero attached hydrogens (tertiary/aromatic N) is 2. The Morgan fingerprint density at radius 3 is 2.47 bits per heavy atom. The fraction of sp³-hybridized carbons (Fsp3) is 0.286. The second-order valence-electron chi connectivity index (χ2n) is 4.43. The Morgan fingerprint density at radius 2 is 1.89 bits per heavy atom. The fourth-order valence-corrected chi connectivity index (χ4v) is 2.76. The van der Waals surface area contributed by atoms with E-state index in [1.807, 2.05) is 0 Å². The van der Waals surface area contributed by atoms with Crippen molar-refractivity contribution < 1.29 is 5.11 Å². The Hall–Kier alpha value is -1.10. The number of aromatic nitrogens is 2. The SMILES string of the molecule is CC(C)c1ccc(Sc2ncnc(Cl)c2CO)cc1. The zero-order valence-corrected chi connectivity index (χ0v) is 12.4. The lowest BCUT2D eigenvalue weighted by Gasteiger charge is -2.08. The van der Waals surface area contributed by atoms with Gasteiger partial charge < -0.3 is 5.11 Å². The highest BCUT2D eigenvalue weighted by atomic mass is 35.5. The molecule has 0 unspecified atom stereocenters. The smallest absolute Gasteiger partial charge is 0.139 e. The number of aliphatic hydroxyl groups is 1. The third kappa shape index (κ3) is 3.47. The van der Waals surface area contributed by atoms with E-state index >= 15 is 0 Å². The maximum atomic E-state index is 9.32. The number of hydrogen-bond acceptors (Lipinski definition) is 4. The van der Waals surface area contributed by atoms with Gasteiger partial charge in [0.2, 0.25) is 0 Å². The highest BCUT2D eigenvalue weighted by Crippen LogP contribution is 2.31. The lowest BCUT2D eigenvalue weighted by molar-refractivity contribution is 0.277. The van der Waals surface area contributed by atoms with Crippen LogP contribution in [-0.4, -0.2) is 15.1 Å². The van der Waals surface area contributed by atoms with Crippen LogP contribution in [0.2, 0.25) is 5.15 Å². The summed E-state index contributed by atoms with van der Waals surface area (Å²) in [4.78, 5) is 9.10. The van der Waals surface area contributed by atoms with E-state index in [1.54, 1.807) is 0 Å². The quantitative estimate of drug-likeness (QED) is 0.869. The highest BCUT2D eigenvalue weighted by molar-refractivity contribution is 7.99. The minimum Gasteiger partial charge on any atom is -0.391 e. The molecule has 0 amide bonds.